The number of ketones is 1. The molecule has 5 atom stereocenters. The molecule has 1 unspecified atom stereocenters. The number of hydrogen-bond donors (Lipinski definition) is 1. The quantitative estimate of drug-likeness (QED) is 0.409. The zero-order chi connectivity index (χ0) is 31.6. The van der Waals surface area contributed by atoms with Gasteiger partial charge in [0, 0.05) is 60.3 Å². The minimum absolute atomic E-state index is 0.0190. The number of amides is 3. The molecule has 3 heterocycles. The van der Waals surface area contributed by atoms with Gasteiger partial charge in [0.15, 0.2) is 5.78 Å². The van der Waals surface area contributed by atoms with Crippen LogP contribution in [0.3, 0.4) is 0 Å². The monoisotopic (exact) mass is 616 g/mol. The van der Waals surface area contributed by atoms with E-state index in [4.69, 9.17) is 21.1 Å². The lowest BCUT2D eigenvalue weighted by atomic mass is 9.96. The molecule has 43 heavy (non-hydrogen) atoms. The van der Waals surface area contributed by atoms with Gasteiger partial charge in [0.1, 0.15) is 17.7 Å². The number of likely N-dealkylation sites (N-methyl/N-ethyl adjacent to an activating group) is 1. The van der Waals surface area contributed by atoms with Crippen LogP contribution < -0.4 is 5.32 Å². The van der Waals surface area contributed by atoms with Crippen LogP contribution in [0.5, 0.6) is 0 Å². The van der Waals surface area contributed by atoms with Crippen molar-refractivity contribution in [3.05, 3.63) is 35.0 Å². The molecule has 3 amide bonds. The summed E-state index contributed by atoms with van der Waals surface area (Å²) >= 11 is 6.25. The van der Waals surface area contributed by atoms with E-state index >= 15 is 0 Å². The highest BCUT2D eigenvalue weighted by Gasteiger charge is 2.43. The number of rotatable bonds is 8. The van der Waals surface area contributed by atoms with E-state index in [9.17, 15) is 19.2 Å². The van der Waals surface area contributed by atoms with Crippen molar-refractivity contribution in [1.82, 2.24) is 19.7 Å². The molecule has 0 aliphatic carbocycles. The Balaban J connectivity index is 1.58. The Morgan fingerprint density at radius 1 is 1.16 bits per heavy atom. The number of fused-ring (bicyclic) bond motifs is 2. The van der Waals surface area contributed by atoms with Crippen LogP contribution in [0.4, 0.5) is 4.79 Å². The Hall–Kier alpha value is -3.11. The van der Waals surface area contributed by atoms with Crippen LogP contribution >= 0.6 is 11.6 Å². The Bertz CT molecular complexity index is 1370. The van der Waals surface area contributed by atoms with E-state index in [1.54, 1.807) is 39.8 Å². The molecule has 0 bridgehead atoms. The maximum Gasteiger partial charge on any atom is 0.410 e. The smallest absolute Gasteiger partial charge is 0.410 e. The first-order valence-electron chi connectivity index (χ1n) is 15.2. The van der Waals surface area contributed by atoms with E-state index in [0.717, 1.165) is 36.6 Å². The standard InChI is InChI=1S/C32H45ClN4O6/c1-8-42-24-13-12-22-10-11-23(17-36-18-26(20(3)38)25-15-21(33)9-14-28(25)36)37(22)30(40)27(16-24)34-29(39)19(2)35(7)31(41)43-32(4,5)6/h9,14-15,18-19,22-24,27H,8,10-13,16-17H2,1-7H3,(H,34,39)/t19-,22+,23-,24?,27-/m0/s1. The largest absolute Gasteiger partial charge is 0.444 e. The van der Waals surface area contributed by atoms with Gasteiger partial charge in [-0.3, -0.25) is 19.3 Å². The number of halogens is 1. The van der Waals surface area contributed by atoms with Crippen molar-refractivity contribution < 1.29 is 28.7 Å². The normalized spacial score (nSPS) is 23.3. The van der Waals surface area contributed by atoms with Crippen molar-refractivity contribution in [2.24, 2.45) is 0 Å². The first-order chi connectivity index (χ1) is 20.2. The number of Topliss-reactive ketones (excluding diaryl/α,β-unsaturated/α-hetero) is 1. The van der Waals surface area contributed by atoms with Crippen molar-refractivity contribution in [3.63, 3.8) is 0 Å². The molecule has 10 nitrogen and oxygen atoms in total. The predicted octanol–water partition coefficient (Wildman–Crippen LogP) is 5.19. The molecule has 4 rings (SSSR count). The molecular formula is C32H45ClN4O6. The van der Waals surface area contributed by atoms with Gasteiger partial charge >= 0.3 is 6.09 Å². The molecule has 0 radical (unpaired) electrons. The first-order valence-corrected chi connectivity index (χ1v) is 15.6. The fourth-order valence-corrected chi connectivity index (χ4v) is 6.39. The molecule has 2 aromatic rings. The van der Waals surface area contributed by atoms with Crippen LogP contribution in [0.15, 0.2) is 24.4 Å². The third-order valence-electron chi connectivity index (χ3n) is 8.48. The molecule has 2 saturated heterocycles. The van der Waals surface area contributed by atoms with Gasteiger partial charge in [-0.25, -0.2) is 4.79 Å². The Morgan fingerprint density at radius 3 is 2.51 bits per heavy atom. The SMILES string of the molecule is CCOC1CC[C@H]2CC[C@@H](Cn3cc(C(C)=O)c4cc(Cl)ccc43)N2C(=O)[C@@H](NC(=O)[C@H](C)N(C)C(=O)OC(C)(C)C)C1. The van der Waals surface area contributed by atoms with Gasteiger partial charge in [-0.05, 0) is 85.4 Å². The van der Waals surface area contributed by atoms with Crippen LogP contribution in [0.25, 0.3) is 10.9 Å². The molecule has 1 aromatic carbocycles. The summed E-state index contributed by atoms with van der Waals surface area (Å²) in [5.41, 5.74) is 0.779. The summed E-state index contributed by atoms with van der Waals surface area (Å²) in [6.45, 7) is 11.4. The van der Waals surface area contributed by atoms with Crippen LogP contribution in [0.1, 0.15) is 84.0 Å². The number of nitrogens with one attached hydrogen (secondary N) is 1. The van der Waals surface area contributed by atoms with Gasteiger partial charge in [-0.2, -0.15) is 0 Å². The molecule has 236 valence electrons. The van der Waals surface area contributed by atoms with Crippen LogP contribution in [0.2, 0.25) is 5.02 Å². The summed E-state index contributed by atoms with van der Waals surface area (Å²) in [6, 6.07) is 3.75. The summed E-state index contributed by atoms with van der Waals surface area (Å²) in [4.78, 5) is 55.9. The van der Waals surface area contributed by atoms with Gasteiger partial charge in [0.2, 0.25) is 11.8 Å². The third-order valence-corrected chi connectivity index (χ3v) is 8.72. The molecule has 1 aromatic heterocycles. The maximum atomic E-state index is 14.3. The summed E-state index contributed by atoms with van der Waals surface area (Å²) in [6.07, 6.45) is 4.64. The van der Waals surface area contributed by atoms with E-state index in [2.05, 4.69) is 5.32 Å². The summed E-state index contributed by atoms with van der Waals surface area (Å²) < 4.78 is 13.4. The van der Waals surface area contributed by atoms with Gasteiger partial charge < -0.3 is 24.3 Å². The molecule has 1 N–H and O–H groups in total. The maximum absolute atomic E-state index is 14.3. The average Bonchev–Trinajstić information content (AvgIpc) is 3.49. The second kappa shape index (κ2) is 13.3. The molecule has 11 heteroatoms. The number of nitrogens with zero attached hydrogens (tertiary/aromatic N) is 3. The van der Waals surface area contributed by atoms with Crippen LogP contribution in [-0.4, -0.2) is 87.6 Å². The number of benzene rings is 1. The highest BCUT2D eigenvalue weighted by molar-refractivity contribution is 6.31. The highest BCUT2D eigenvalue weighted by Crippen LogP contribution is 2.34. The minimum Gasteiger partial charge on any atom is -0.444 e. The average molecular weight is 617 g/mol. The number of aromatic nitrogens is 1. The topological polar surface area (TPSA) is 110 Å². The van der Waals surface area contributed by atoms with Crippen molar-refractivity contribution >= 4 is 46.2 Å². The molecule has 0 spiro atoms. The zero-order valence-corrected chi connectivity index (χ0v) is 27.1. The first kappa shape index (κ1) is 32.8. The number of ether oxygens (including phenoxy) is 2. The summed E-state index contributed by atoms with van der Waals surface area (Å²) in [5, 5.41) is 4.30. The van der Waals surface area contributed by atoms with Crippen LogP contribution in [-0.2, 0) is 25.6 Å². The summed E-state index contributed by atoms with van der Waals surface area (Å²) in [7, 11) is 1.51. The predicted molar refractivity (Wildman–Crippen MR) is 165 cm³/mol. The molecule has 2 fully saturated rings. The Morgan fingerprint density at radius 2 is 1.86 bits per heavy atom. The molecule has 2 aliphatic rings. The van der Waals surface area contributed by atoms with Gasteiger partial charge in [-0.1, -0.05) is 11.6 Å². The van der Waals surface area contributed by atoms with Crippen molar-refractivity contribution in [2.75, 3.05) is 13.7 Å². The lowest BCUT2D eigenvalue weighted by Gasteiger charge is -2.38. The molecular weight excluding hydrogens is 572 g/mol. The zero-order valence-electron chi connectivity index (χ0n) is 26.3. The van der Waals surface area contributed by atoms with Gasteiger partial charge in [0.25, 0.3) is 0 Å². The Kier molecular flexibility index (Phi) is 10.1. The fourth-order valence-electron chi connectivity index (χ4n) is 6.22. The van der Waals surface area contributed by atoms with E-state index < -0.39 is 29.7 Å². The van der Waals surface area contributed by atoms with Crippen molar-refractivity contribution in [2.45, 2.75) is 116 Å². The lowest BCUT2D eigenvalue weighted by Crippen LogP contribution is -2.58. The van der Waals surface area contributed by atoms with Crippen LogP contribution in [0, 0.1) is 0 Å². The molecule has 2 aliphatic heterocycles. The molecule has 0 saturated carbocycles. The van der Waals surface area contributed by atoms with Crippen molar-refractivity contribution in [3.8, 4) is 0 Å². The second-order valence-electron chi connectivity index (χ2n) is 12.8. The minimum atomic E-state index is -0.855. The number of hydrogen-bond acceptors (Lipinski definition) is 6. The number of carbonyl (C=O) groups is 4. The second-order valence-corrected chi connectivity index (χ2v) is 13.2. The van der Waals surface area contributed by atoms with Gasteiger partial charge in [-0.15, -0.1) is 0 Å². The number of carbonyl (C=O) groups excluding carboxylic acids is 4. The van der Waals surface area contributed by atoms with E-state index in [0.29, 0.717) is 30.2 Å². The van der Waals surface area contributed by atoms with E-state index in [-0.39, 0.29) is 29.9 Å². The van der Waals surface area contributed by atoms with E-state index in [1.807, 2.05) is 28.7 Å². The third kappa shape index (κ3) is 7.52. The summed E-state index contributed by atoms with van der Waals surface area (Å²) in [5.74, 6) is -0.634. The highest BCUT2D eigenvalue weighted by atomic mass is 35.5. The lowest BCUT2D eigenvalue weighted by molar-refractivity contribution is -0.142. The Labute approximate surface area is 259 Å². The fraction of sp³-hybridized carbons (Fsp3) is 0.625. The van der Waals surface area contributed by atoms with Crippen molar-refractivity contribution in [1.29, 1.82) is 0 Å². The van der Waals surface area contributed by atoms with E-state index in [1.165, 1.54) is 18.9 Å². The van der Waals surface area contributed by atoms with Gasteiger partial charge in [0.05, 0.1) is 12.1 Å².